The molecular weight excluding hydrogens is 296 g/mol. The quantitative estimate of drug-likeness (QED) is 0.704. The van der Waals surface area contributed by atoms with Gasteiger partial charge in [0.15, 0.2) is 5.79 Å². The summed E-state index contributed by atoms with van der Waals surface area (Å²) in [5.74, 6) is -2.20. The minimum absolute atomic E-state index is 0.272. The van der Waals surface area contributed by atoms with Crippen LogP contribution in [0.25, 0.3) is 5.57 Å². The minimum Gasteiger partial charge on any atom is -0.362 e. The normalized spacial score (nSPS) is 21.8. The number of allylic oxidation sites excluding steroid dienone is 2. The summed E-state index contributed by atoms with van der Waals surface area (Å²) in [4.78, 5) is 0. The van der Waals surface area contributed by atoms with Gasteiger partial charge in [-0.2, -0.15) is 0 Å². The molecule has 0 bridgehead atoms. The molecule has 0 amide bonds. The lowest BCUT2D eigenvalue weighted by molar-refractivity contribution is -0.190. The van der Waals surface area contributed by atoms with E-state index in [1.807, 2.05) is 45.9 Å². The first-order valence-electron chi connectivity index (χ1n) is 8.72. The summed E-state index contributed by atoms with van der Waals surface area (Å²) < 4.78 is 0. The summed E-state index contributed by atoms with van der Waals surface area (Å²) in [5.41, 5.74) is 4.60. The second-order valence-electron chi connectivity index (χ2n) is 9.24. The van der Waals surface area contributed by atoms with Crippen molar-refractivity contribution in [3.05, 3.63) is 52.6 Å². The Hall–Kier alpha value is -1.38. The highest BCUT2D eigenvalue weighted by atomic mass is 16.5. The smallest absolute Gasteiger partial charge is 0.193 e. The van der Waals surface area contributed by atoms with Crippen molar-refractivity contribution in [2.75, 3.05) is 0 Å². The topological polar surface area (TPSA) is 40.5 Å². The first kappa shape index (κ1) is 19.0. The van der Waals surface area contributed by atoms with Gasteiger partial charge in [0.2, 0.25) is 0 Å². The van der Waals surface area contributed by atoms with E-state index in [1.54, 1.807) is 0 Å². The van der Waals surface area contributed by atoms with E-state index in [2.05, 4.69) is 39.8 Å². The Morgan fingerprint density at radius 2 is 1.46 bits per heavy atom. The lowest BCUT2D eigenvalue weighted by atomic mass is 9.61. The summed E-state index contributed by atoms with van der Waals surface area (Å²) in [6.45, 7) is 16.5. The van der Waals surface area contributed by atoms with Gasteiger partial charge in [-0.15, -0.1) is 0 Å². The van der Waals surface area contributed by atoms with Crippen LogP contribution in [0, 0.1) is 23.7 Å². The number of aliphatic hydroxyl groups is 2. The van der Waals surface area contributed by atoms with Crippen molar-refractivity contribution in [2.45, 2.75) is 61.2 Å². The highest BCUT2D eigenvalue weighted by molar-refractivity contribution is 5.81. The molecule has 2 heteroatoms. The zero-order valence-electron chi connectivity index (χ0n) is 16.4. The molecule has 0 heterocycles. The maximum atomic E-state index is 11.1. The summed E-state index contributed by atoms with van der Waals surface area (Å²) in [5, 5.41) is 22.2. The second kappa shape index (κ2) is 5.86. The van der Waals surface area contributed by atoms with Crippen LogP contribution in [0.1, 0.15) is 59.6 Å². The third kappa shape index (κ3) is 3.22. The summed E-state index contributed by atoms with van der Waals surface area (Å²) in [6.07, 6.45) is 2.00. The molecule has 0 aromatic heterocycles. The van der Waals surface area contributed by atoms with E-state index in [-0.39, 0.29) is 16.7 Å². The minimum atomic E-state index is -1.84. The van der Waals surface area contributed by atoms with Crippen molar-refractivity contribution >= 4 is 5.57 Å². The molecule has 1 aromatic carbocycles. The number of hydrogen-bond donors (Lipinski definition) is 2. The molecule has 24 heavy (non-hydrogen) atoms. The Morgan fingerprint density at radius 1 is 0.917 bits per heavy atom. The van der Waals surface area contributed by atoms with E-state index in [1.165, 1.54) is 11.1 Å². The molecule has 2 nitrogen and oxygen atoms in total. The molecular formula is C22H32O2. The first-order valence-corrected chi connectivity index (χ1v) is 8.72. The van der Waals surface area contributed by atoms with Gasteiger partial charge < -0.3 is 10.2 Å². The van der Waals surface area contributed by atoms with E-state index >= 15 is 0 Å². The van der Waals surface area contributed by atoms with Gasteiger partial charge in [0.25, 0.3) is 0 Å². The SMILES string of the molecule is CC1=C(c2ccccc2C)C=C(C(C)(C)C)C(O)(O)C1C(C)(C)C. The number of rotatable bonds is 1. The van der Waals surface area contributed by atoms with E-state index in [0.29, 0.717) is 5.57 Å². The van der Waals surface area contributed by atoms with Crippen LogP contribution < -0.4 is 0 Å². The molecule has 0 saturated carbocycles. The van der Waals surface area contributed by atoms with E-state index in [0.717, 1.165) is 11.1 Å². The third-order valence-electron chi connectivity index (χ3n) is 5.05. The van der Waals surface area contributed by atoms with Gasteiger partial charge in [0.05, 0.1) is 0 Å². The van der Waals surface area contributed by atoms with Crippen molar-refractivity contribution in [1.29, 1.82) is 0 Å². The lowest BCUT2D eigenvalue weighted by Crippen LogP contribution is -2.51. The highest BCUT2D eigenvalue weighted by Gasteiger charge is 2.51. The number of hydrogen-bond acceptors (Lipinski definition) is 2. The molecule has 0 aliphatic heterocycles. The molecule has 1 aliphatic carbocycles. The van der Waals surface area contributed by atoms with Crippen LogP contribution in [-0.2, 0) is 0 Å². The van der Waals surface area contributed by atoms with Gasteiger partial charge in [0, 0.05) is 5.92 Å². The average molecular weight is 328 g/mol. The molecule has 2 N–H and O–H groups in total. The second-order valence-corrected chi connectivity index (χ2v) is 9.24. The molecule has 132 valence electrons. The Bertz CT molecular complexity index is 691. The lowest BCUT2D eigenvalue weighted by Gasteiger charge is -2.48. The van der Waals surface area contributed by atoms with Crippen molar-refractivity contribution in [3.63, 3.8) is 0 Å². The average Bonchev–Trinajstić information content (AvgIpc) is 2.36. The standard InChI is InChI=1S/C22H32O2/c1-14-11-9-10-12-16(14)17-13-18(20(3,4)5)22(23,24)19(15(17)2)21(6,7)8/h9-13,19,23-24H,1-8H3. The van der Waals surface area contributed by atoms with E-state index in [9.17, 15) is 10.2 Å². The van der Waals surface area contributed by atoms with Gasteiger partial charge >= 0.3 is 0 Å². The molecule has 1 atom stereocenters. The maximum Gasteiger partial charge on any atom is 0.193 e. The van der Waals surface area contributed by atoms with Gasteiger partial charge in [-0.3, -0.25) is 0 Å². The zero-order chi connectivity index (χ0) is 18.5. The monoisotopic (exact) mass is 328 g/mol. The van der Waals surface area contributed by atoms with Crippen molar-refractivity contribution in [3.8, 4) is 0 Å². The van der Waals surface area contributed by atoms with Crippen LogP contribution >= 0.6 is 0 Å². The van der Waals surface area contributed by atoms with Gasteiger partial charge in [-0.05, 0) is 53.0 Å². The van der Waals surface area contributed by atoms with Gasteiger partial charge in [0.1, 0.15) is 0 Å². The first-order chi connectivity index (χ1) is 10.8. The molecule has 1 unspecified atom stereocenters. The maximum absolute atomic E-state index is 11.1. The number of aryl methyl sites for hydroxylation is 1. The molecule has 0 radical (unpaired) electrons. The third-order valence-corrected chi connectivity index (χ3v) is 5.05. The van der Waals surface area contributed by atoms with Crippen LogP contribution in [-0.4, -0.2) is 16.0 Å². The van der Waals surface area contributed by atoms with Crippen molar-refractivity contribution < 1.29 is 10.2 Å². The molecule has 0 saturated heterocycles. The highest BCUT2D eigenvalue weighted by Crippen LogP contribution is 2.52. The molecule has 1 aromatic rings. The fourth-order valence-electron chi connectivity index (χ4n) is 4.16. The molecule has 0 fully saturated rings. The summed E-state index contributed by atoms with van der Waals surface area (Å²) >= 11 is 0. The van der Waals surface area contributed by atoms with E-state index in [4.69, 9.17) is 0 Å². The molecule has 2 rings (SSSR count). The van der Waals surface area contributed by atoms with Gasteiger partial charge in [-0.25, -0.2) is 0 Å². The predicted octanol–water partition coefficient (Wildman–Crippen LogP) is 5.10. The largest absolute Gasteiger partial charge is 0.362 e. The van der Waals surface area contributed by atoms with Crippen LogP contribution in [0.2, 0.25) is 0 Å². The Kier molecular flexibility index (Phi) is 4.62. The van der Waals surface area contributed by atoms with E-state index < -0.39 is 5.79 Å². The van der Waals surface area contributed by atoms with Crippen molar-refractivity contribution in [1.82, 2.24) is 0 Å². The Balaban J connectivity index is 2.81. The van der Waals surface area contributed by atoms with Crippen LogP contribution in [0.15, 0.2) is 41.5 Å². The molecule has 1 aliphatic rings. The van der Waals surface area contributed by atoms with Gasteiger partial charge in [-0.1, -0.05) is 71.4 Å². The van der Waals surface area contributed by atoms with Crippen LogP contribution in [0.3, 0.4) is 0 Å². The Morgan fingerprint density at radius 3 is 1.92 bits per heavy atom. The predicted molar refractivity (Wildman–Crippen MR) is 101 cm³/mol. The van der Waals surface area contributed by atoms with Crippen molar-refractivity contribution in [2.24, 2.45) is 16.7 Å². The fraction of sp³-hybridized carbons (Fsp3) is 0.545. The summed E-state index contributed by atoms with van der Waals surface area (Å²) in [6, 6.07) is 8.30. The fourth-order valence-corrected chi connectivity index (χ4v) is 4.16. The zero-order valence-corrected chi connectivity index (χ0v) is 16.4. The van der Waals surface area contributed by atoms with Crippen LogP contribution in [0.5, 0.6) is 0 Å². The number of benzene rings is 1. The molecule has 0 spiro atoms. The van der Waals surface area contributed by atoms with Crippen LogP contribution in [0.4, 0.5) is 0 Å². The summed E-state index contributed by atoms with van der Waals surface area (Å²) in [7, 11) is 0. The Labute approximate surface area is 146 Å².